The number of sulfone groups is 1. The summed E-state index contributed by atoms with van der Waals surface area (Å²) in [6.45, 7) is 0.199. The molecule has 0 aliphatic rings. The van der Waals surface area contributed by atoms with Gasteiger partial charge in [-0.05, 0) is 37.9 Å². The molecule has 29 heavy (non-hydrogen) atoms. The summed E-state index contributed by atoms with van der Waals surface area (Å²) in [7, 11) is 0.286. The Labute approximate surface area is 169 Å². The van der Waals surface area contributed by atoms with Crippen LogP contribution in [0.3, 0.4) is 0 Å². The van der Waals surface area contributed by atoms with Crippen molar-refractivity contribution in [1.29, 1.82) is 0 Å². The fraction of sp³-hybridized carbons (Fsp3) is 0.286. The van der Waals surface area contributed by atoms with Crippen LogP contribution in [0.5, 0.6) is 0 Å². The largest absolute Gasteiger partial charge is 0.451 e. The Hall–Kier alpha value is -2.71. The maximum atomic E-state index is 13.6. The molecular weight excluding hydrogens is 395 g/mol. The van der Waals surface area contributed by atoms with Gasteiger partial charge in [-0.3, -0.25) is 4.79 Å². The second-order valence-corrected chi connectivity index (χ2v) is 9.36. The zero-order chi connectivity index (χ0) is 21.2. The highest BCUT2D eigenvalue weighted by Gasteiger charge is 2.24. The third-order valence-corrected chi connectivity index (χ3v) is 5.44. The lowest BCUT2D eigenvalue weighted by Gasteiger charge is -2.25. The lowest BCUT2D eigenvalue weighted by Crippen LogP contribution is -2.34. The summed E-state index contributed by atoms with van der Waals surface area (Å²) in [5.74, 6) is -1.18. The molecule has 1 N–H and O–H groups in total. The number of hydrogen-bond donors (Lipinski definition) is 1. The standard InChI is InChI=1S/C21H23FN2O4S/c1-24(2)18(14-7-6-8-15(22)11-14)12-23-21(25)20-17(13-29(3,26)27)16-9-4-5-10-19(16)28-20/h4-11,18H,12-13H2,1-3H3,(H,23,25). The predicted octanol–water partition coefficient (Wildman–Crippen LogP) is 3.15. The fourth-order valence-corrected chi connectivity index (χ4v) is 4.08. The molecule has 0 spiro atoms. The summed E-state index contributed by atoms with van der Waals surface area (Å²) in [4.78, 5) is 14.7. The molecule has 2 aromatic carbocycles. The average molecular weight is 418 g/mol. The molecule has 1 atom stereocenters. The van der Waals surface area contributed by atoms with Gasteiger partial charge < -0.3 is 14.6 Å². The van der Waals surface area contributed by atoms with Gasteiger partial charge in [-0.2, -0.15) is 0 Å². The Balaban J connectivity index is 1.88. The quantitative estimate of drug-likeness (QED) is 0.638. The van der Waals surface area contributed by atoms with E-state index < -0.39 is 15.7 Å². The molecule has 1 amide bonds. The third-order valence-electron chi connectivity index (χ3n) is 4.62. The van der Waals surface area contributed by atoms with Gasteiger partial charge in [0.1, 0.15) is 11.4 Å². The van der Waals surface area contributed by atoms with E-state index in [0.717, 1.165) is 11.8 Å². The van der Waals surface area contributed by atoms with Crippen LogP contribution in [0.4, 0.5) is 4.39 Å². The van der Waals surface area contributed by atoms with Gasteiger partial charge in [0.25, 0.3) is 5.91 Å². The van der Waals surface area contributed by atoms with Gasteiger partial charge >= 0.3 is 0 Å². The van der Waals surface area contributed by atoms with Gasteiger partial charge in [-0.15, -0.1) is 0 Å². The number of likely N-dealkylation sites (N-methyl/N-ethyl adjacent to an activating group) is 1. The Kier molecular flexibility index (Phi) is 6.04. The van der Waals surface area contributed by atoms with Crippen molar-refractivity contribution in [2.45, 2.75) is 11.8 Å². The number of nitrogens with one attached hydrogen (secondary N) is 1. The fourth-order valence-electron chi connectivity index (χ4n) is 3.27. The molecule has 1 aromatic heterocycles. The van der Waals surface area contributed by atoms with Gasteiger partial charge in [0.15, 0.2) is 15.6 Å². The Morgan fingerprint density at radius 2 is 1.90 bits per heavy atom. The van der Waals surface area contributed by atoms with Crippen LogP contribution in [0.15, 0.2) is 52.9 Å². The van der Waals surface area contributed by atoms with Crippen LogP contribution in [-0.2, 0) is 15.6 Å². The van der Waals surface area contributed by atoms with Crippen molar-refractivity contribution >= 4 is 26.7 Å². The smallest absolute Gasteiger partial charge is 0.287 e. The van der Waals surface area contributed by atoms with Crippen LogP contribution in [0, 0.1) is 5.82 Å². The van der Waals surface area contributed by atoms with Gasteiger partial charge in [-0.1, -0.05) is 30.3 Å². The van der Waals surface area contributed by atoms with Crippen molar-refractivity contribution in [3.8, 4) is 0 Å². The Morgan fingerprint density at radius 1 is 1.17 bits per heavy atom. The van der Waals surface area contributed by atoms with Crippen molar-refractivity contribution in [1.82, 2.24) is 10.2 Å². The minimum atomic E-state index is -3.38. The molecule has 0 radical (unpaired) electrons. The first-order valence-electron chi connectivity index (χ1n) is 9.04. The molecule has 0 aliphatic carbocycles. The van der Waals surface area contributed by atoms with Crippen LogP contribution in [-0.4, -0.2) is 46.1 Å². The Bertz CT molecular complexity index is 1140. The summed E-state index contributed by atoms with van der Waals surface area (Å²) >= 11 is 0. The van der Waals surface area contributed by atoms with E-state index in [1.807, 2.05) is 19.0 Å². The van der Waals surface area contributed by atoms with E-state index in [2.05, 4.69) is 5.32 Å². The molecular formula is C21H23FN2O4S. The van der Waals surface area contributed by atoms with Crippen molar-refractivity contribution in [3.63, 3.8) is 0 Å². The molecule has 0 aliphatic heterocycles. The molecule has 1 heterocycles. The molecule has 8 heteroatoms. The number of benzene rings is 2. The lowest BCUT2D eigenvalue weighted by molar-refractivity contribution is 0.0915. The predicted molar refractivity (Wildman–Crippen MR) is 110 cm³/mol. The first-order valence-corrected chi connectivity index (χ1v) is 11.1. The SMILES string of the molecule is CN(C)C(CNC(=O)c1oc2ccccc2c1CS(C)(=O)=O)c1cccc(F)c1. The van der Waals surface area contributed by atoms with Gasteiger partial charge in [0, 0.05) is 23.8 Å². The molecule has 0 fully saturated rings. The zero-order valence-electron chi connectivity index (χ0n) is 16.5. The van der Waals surface area contributed by atoms with Crippen LogP contribution < -0.4 is 5.32 Å². The number of halogens is 1. The number of para-hydroxylation sites is 1. The summed E-state index contributed by atoms with van der Waals surface area (Å²) in [6.07, 6.45) is 1.11. The molecule has 0 saturated heterocycles. The van der Waals surface area contributed by atoms with Crippen LogP contribution in [0.1, 0.15) is 27.7 Å². The van der Waals surface area contributed by atoms with E-state index in [9.17, 15) is 17.6 Å². The van der Waals surface area contributed by atoms with E-state index >= 15 is 0 Å². The normalized spacial score (nSPS) is 13.0. The monoisotopic (exact) mass is 418 g/mol. The zero-order valence-corrected chi connectivity index (χ0v) is 17.3. The summed E-state index contributed by atoms with van der Waals surface area (Å²) in [6, 6.07) is 12.9. The number of nitrogens with zero attached hydrogens (tertiary/aromatic N) is 1. The number of furan rings is 1. The van der Waals surface area contributed by atoms with Gasteiger partial charge in [0.05, 0.1) is 11.8 Å². The maximum Gasteiger partial charge on any atom is 0.287 e. The summed E-state index contributed by atoms with van der Waals surface area (Å²) < 4.78 is 43.0. The van der Waals surface area contributed by atoms with E-state index in [4.69, 9.17) is 4.42 Å². The molecule has 0 saturated carbocycles. The first-order chi connectivity index (χ1) is 13.7. The summed E-state index contributed by atoms with van der Waals surface area (Å²) in [5.41, 5.74) is 1.51. The first kappa shape index (κ1) is 21.0. The van der Waals surface area contributed by atoms with Crippen molar-refractivity contribution in [3.05, 3.63) is 71.2 Å². The maximum absolute atomic E-state index is 13.6. The van der Waals surface area contributed by atoms with E-state index in [1.54, 1.807) is 36.4 Å². The highest BCUT2D eigenvalue weighted by Crippen LogP contribution is 2.28. The Morgan fingerprint density at radius 3 is 2.55 bits per heavy atom. The molecule has 3 rings (SSSR count). The van der Waals surface area contributed by atoms with E-state index in [1.165, 1.54) is 12.1 Å². The summed E-state index contributed by atoms with van der Waals surface area (Å²) in [5, 5.41) is 3.39. The molecule has 0 bridgehead atoms. The topological polar surface area (TPSA) is 79.6 Å². The second-order valence-electron chi connectivity index (χ2n) is 7.22. The van der Waals surface area contributed by atoms with E-state index in [-0.39, 0.29) is 29.9 Å². The van der Waals surface area contributed by atoms with Crippen LogP contribution in [0.25, 0.3) is 11.0 Å². The second kappa shape index (κ2) is 8.34. The average Bonchev–Trinajstić information content (AvgIpc) is 2.99. The third kappa shape index (κ3) is 5.02. The molecule has 6 nitrogen and oxygen atoms in total. The minimum Gasteiger partial charge on any atom is -0.451 e. The number of hydrogen-bond acceptors (Lipinski definition) is 5. The van der Waals surface area contributed by atoms with Gasteiger partial charge in [0.2, 0.25) is 0 Å². The van der Waals surface area contributed by atoms with Crippen molar-refractivity contribution < 1.29 is 22.0 Å². The number of carbonyl (C=O) groups is 1. The molecule has 1 unspecified atom stereocenters. The molecule has 154 valence electrons. The highest BCUT2D eigenvalue weighted by molar-refractivity contribution is 7.89. The lowest BCUT2D eigenvalue weighted by atomic mass is 10.1. The number of carbonyl (C=O) groups excluding carboxylic acids is 1. The van der Waals surface area contributed by atoms with Crippen LogP contribution >= 0.6 is 0 Å². The number of rotatable bonds is 7. The van der Waals surface area contributed by atoms with Gasteiger partial charge in [-0.25, -0.2) is 12.8 Å². The molecule has 3 aromatic rings. The number of amides is 1. The van der Waals surface area contributed by atoms with Crippen molar-refractivity contribution in [2.24, 2.45) is 0 Å². The van der Waals surface area contributed by atoms with E-state index in [0.29, 0.717) is 16.5 Å². The van der Waals surface area contributed by atoms with Crippen molar-refractivity contribution in [2.75, 3.05) is 26.9 Å². The highest BCUT2D eigenvalue weighted by atomic mass is 32.2. The number of fused-ring (bicyclic) bond motifs is 1. The minimum absolute atomic E-state index is 0.0200. The van der Waals surface area contributed by atoms with Crippen LogP contribution in [0.2, 0.25) is 0 Å².